The Balaban J connectivity index is 2.07. The van der Waals surface area contributed by atoms with Crippen LogP contribution in [0.2, 0.25) is 0 Å². The quantitative estimate of drug-likeness (QED) is 0.580. The molecular weight excluding hydrogens is 226 g/mol. The number of thioether (sulfide) groups is 1. The maximum absolute atomic E-state index is 3.71. The van der Waals surface area contributed by atoms with Crippen molar-refractivity contribution in [2.45, 2.75) is 71.3 Å². The summed E-state index contributed by atoms with van der Waals surface area (Å²) in [7, 11) is 0. The molecule has 0 aromatic rings. The Kier molecular flexibility index (Phi) is 9.27. The summed E-state index contributed by atoms with van der Waals surface area (Å²) in [6.07, 6.45) is 11.4. The molecule has 102 valence electrons. The molecule has 1 nitrogen and oxygen atoms in total. The summed E-state index contributed by atoms with van der Waals surface area (Å²) < 4.78 is 0. The maximum Gasteiger partial charge on any atom is 0.0103 e. The van der Waals surface area contributed by atoms with E-state index in [-0.39, 0.29) is 0 Å². The standard InChI is InChI=1S/C15H31NS/c1-3-5-6-7-8-9-10-15(16-4-2)14-11-12-17-13-14/h14-16H,3-13H2,1-2H3. The van der Waals surface area contributed by atoms with E-state index < -0.39 is 0 Å². The molecule has 1 fully saturated rings. The van der Waals surface area contributed by atoms with Crippen LogP contribution in [0.3, 0.4) is 0 Å². The minimum atomic E-state index is 0.807. The normalized spacial score (nSPS) is 21.9. The Hall–Kier alpha value is 0.310. The van der Waals surface area contributed by atoms with Crippen molar-refractivity contribution in [1.82, 2.24) is 5.32 Å². The lowest BCUT2D eigenvalue weighted by atomic mass is 9.93. The number of hydrogen-bond acceptors (Lipinski definition) is 2. The molecule has 0 aliphatic carbocycles. The summed E-state index contributed by atoms with van der Waals surface area (Å²) in [5, 5.41) is 3.71. The van der Waals surface area contributed by atoms with E-state index in [1.807, 2.05) is 0 Å². The highest BCUT2D eigenvalue weighted by atomic mass is 32.2. The van der Waals surface area contributed by atoms with Crippen LogP contribution in [0.15, 0.2) is 0 Å². The van der Waals surface area contributed by atoms with E-state index in [0.29, 0.717) is 0 Å². The van der Waals surface area contributed by atoms with E-state index in [0.717, 1.165) is 18.5 Å². The van der Waals surface area contributed by atoms with Gasteiger partial charge in [-0.15, -0.1) is 0 Å². The first-order valence-corrected chi connectivity index (χ1v) is 8.85. The van der Waals surface area contributed by atoms with Crippen molar-refractivity contribution < 1.29 is 0 Å². The number of rotatable bonds is 10. The highest BCUT2D eigenvalue weighted by Crippen LogP contribution is 2.28. The van der Waals surface area contributed by atoms with E-state index in [1.54, 1.807) is 0 Å². The molecule has 0 aromatic carbocycles. The van der Waals surface area contributed by atoms with Crippen molar-refractivity contribution in [3.63, 3.8) is 0 Å². The van der Waals surface area contributed by atoms with Gasteiger partial charge < -0.3 is 5.32 Å². The summed E-state index contributed by atoms with van der Waals surface area (Å²) in [6.45, 7) is 5.68. The third-order valence-electron chi connectivity index (χ3n) is 3.87. The molecule has 2 heteroatoms. The van der Waals surface area contributed by atoms with Crippen LogP contribution < -0.4 is 5.32 Å². The average Bonchev–Trinajstić information content (AvgIpc) is 2.86. The van der Waals surface area contributed by atoms with Crippen LogP contribution in [0, 0.1) is 5.92 Å². The Morgan fingerprint density at radius 1 is 1.12 bits per heavy atom. The monoisotopic (exact) mass is 257 g/mol. The van der Waals surface area contributed by atoms with Gasteiger partial charge in [0.25, 0.3) is 0 Å². The van der Waals surface area contributed by atoms with Crippen LogP contribution in [0.25, 0.3) is 0 Å². The molecule has 0 amide bonds. The first-order valence-electron chi connectivity index (χ1n) is 7.69. The van der Waals surface area contributed by atoms with Gasteiger partial charge in [0.15, 0.2) is 0 Å². The minimum Gasteiger partial charge on any atom is -0.314 e. The highest BCUT2D eigenvalue weighted by molar-refractivity contribution is 7.99. The first kappa shape index (κ1) is 15.4. The molecule has 0 spiro atoms. The van der Waals surface area contributed by atoms with Crippen LogP contribution in [0.5, 0.6) is 0 Å². The van der Waals surface area contributed by atoms with Crippen molar-refractivity contribution in [1.29, 1.82) is 0 Å². The molecule has 1 heterocycles. The third kappa shape index (κ3) is 6.71. The van der Waals surface area contributed by atoms with Gasteiger partial charge in [-0.25, -0.2) is 0 Å². The van der Waals surface area contributed by atoms with E-state index in [2.05, 4.69) is 30.9 Å². The highest BCUT2D eigenvalue weighted by Gasteiger charge is 2.23. The lowest BCUT2D eigenvalue weighted by Gasteiger charge is -2.23. The second kappa shape index (κ2) is 10.3. The summed E-state index contributed by atoms with van der Waals surface area (Å²) in [4.78, 5) is 0. The van der Waals surface area contributed by atoms with E-state index >= 15 is 0 Å². The van der Waals surface area contributed by atoms with Crippen molar-refractivity contribution in [2.75, 3.05) is 18.1 Å². The predicted molar refractivity (Wildman–Crippen MR) is 80.9 cm³/mol. The van der Waals surface area contributed by atoms with Gasteiger partial charge in [-0.2, -0.15) is 11.8 Å². The molecule has 1 aliphatic heterocycles. The zero-order valence-corrected chi connectivity index (χ0v) is 12.7. The van der Waals surface area contributed by atoms with Crippen LogP contribution in [-0.4, -0.2) is 24.1 Å². The van der Waals surface area contributed by atoms with Gasteiger partial charge >= 0.3 is 0 Å². The zero-order valence-electron chi connectivity index (χ0n) is 11.8. The molecule has 0 saturated carbocycles. The fraction of sp³-hybridized carbons (Fsp3) is 1.00. The topological polar surface area (TPSA) is 12.0 Å². The minimum absolute atomic E-state index is 0.807. The summed E-state index contributed by atoms with van der Waals surface area (Å²) >= 11 is 2.15. The summed E-state index contributed by atoms with van der Waals surface area (Å²) in [6, 6.07) is 0.807. The largest absolute Gasteiger partial charge is 0.314 e. The fourth-order valence-corrected chi connectivity index (χ4v) is 4.12. The fourth-order valence-electron chi connectivity index (χ4n) is 2.78. The van der Waals surface area contributed by atoms with Crippen LogP contribution in [0.4, 0.5) is 0 Å². The van der Waals surface area contributed by atoms with Crippen molar-refractivity contribution in [3.8, 4) is 0 Å². The third-order valence-corrected chi connectivity index (χ3v) is 5.06. The second-order valence-electron chi connectivity index (χ2n) is 5.34. The Morgan fingerprint density at radius 3 is 2.53 bits per heavy atom. The average molecular weight is 257 g/mol. The number of hydrogen-bond donors (Lipinski definition) is 1. The SMILES string of the molecule is CCCCCCCCC(NCC)C1CCSC1. The van der Waals surface area contributed by atoms with Gasteiger partial charge in [0.2, 0.25) is 0 Å². The predicted octanol–water partition coefficient (Wildman–Crippen LogP) is 4.47. The van der Waals surface area contributed by atoms with Gasteiger partial charge in [-0.05, 0) is 36.8 Å². The zero-order chi connectivity index (χ0) is 12.3. The lowest BCUT2D eigenvalue weighted by molar-refractivity contribution is 0.356. The Bertz CT molecular complexity index is 166. The molecular formula is C15H31NS. The molecule has 0 bridgehead atoms. The molecule has 1 aliphatic rings. The van der Waals surface area contributed by atoms with E-state index in [4.69, 9.17) is 0 Å². The van der Waals surface area contributed by atoms with E-state index in [1.165, 1.54) is 62.9 Å². The van der Waals surface area contributed by atoms with Crippen molar-refractivity contribution >= 4 is 11.8 Å². The number of unbranched alkanes of at least 4 members (excludes halogenated alkanes) is 5. The van der Waals surface area contributed by atoms with Crippen molar-refractivity contribution in [2.24, 2.45) is 5.92 Å². The molecule has 0 aromatic heterocycles. The van der Waals surface area contributed by atoms with E-state index in [9.17, 15) is 0 Å². The Labute approximate surface area is 113 Å². The number of nitrogens with one attached hydrogen (secondary N) is 1. The molecule has 2 atom stereocenters. The smallest absolute Gasteiger partial charge is 0.0103 e. The van der Waals surface area contributed by atoms with Crippen LogP contribution in [-0.2, 0) is 0 Å². The van der Waals surface area contributed by atoms with Crippen molar-refractivity contribution in [3.05, 3.63) is 0 Å². The van der Waals surface area contributed by atoms with Gasteiger partial charge in [0, 0.05) is 6.04 Å². The summed E-state index contributed by atoms with van der Waals surface area (Å²) in [5.74, 6) is 3.74. The van der Waals surface area contributed by atoms with Gasteiger partial charge in [0.05, 0.1) is 0 Å². The second-order valence-corrected chi connectivity index (χ2v) is 6.49. The molecule has 2 unspecified atom stereocenters. The van der Waals surface area contributed by atoms with Gasteiger partial charge in [0.1, 0.15) is 0 Å². The first-order chi connectivity index (χ1) is 8.38. The molecule has 1 N–H and O–H groups in total. The van der Waals surface area contributed by atoms with Crippen LogP contribution in [0.1, 0.15) is 65.2 Å². The summed E-state index contributed by atoms with van der Waals surface area (Å²) in [5.41, 5.74) is 0. The maximum atomic E-state index is 3.71. The Morgan fingerprint density at radius 2 is 1.88 bits per heavy atom. The molecule has 0 radical (unpaired) electrons. The lowest BCUT2D eigenvalue weighted by Crippen LogP contribution is -2.36. The van der Waals surface area contributed by atoms with Gasteiger partial charge in [-0.3, -0.25) is 0 Å². The van der Waals surface area contributed by atoms with Crippen LogP contribution >= 0.6 is 11.8 Å². The van der Waals surface area contributed by atoms with Gasteiger partial charge in [-0.1, -0.05) is 52.4 Å². The molecule has 1 rings (SSSR count). The molecule has 17 heavy (non-hydrogen) atoms. The molecule has 1 saturated heterocycles.